The van der Waals surface area contributed by atoms with Gasteiger partial charge < -0.3 is 9.42 Å². The van der Waals surface area contributed by atoms with E-state index in [1.54, 1.807) is 11.0 Å². The predicted molar refractivity (Wildman–Crippen MR) is 131 cm³/mol. The number of anilines is 1. The van der Waals surface area contributed by atoms with Gasteiger partial charge in [0.05, 0.1) is 10.2 Å². The molecule has 0 spiro atoms. The molecule has 0 bridgehead atoms. The van der Waals surface area contributed by atoms with E-state index in [1.165, 1.54) is 11.3 Å². The van der Waals surface area contributed by atoms with Crippen molar-refractivity contribution in [3.05, 3.63) is 64.8 Å². The number of aromatic nitrogens is 2. The van der Waals surface area contributed by atoms with Crippen LogP contribution in [0.1, 0.15) is 29.9 Å². The molecule has 0 N–H and O–H groups in total. The van der Waals surface area contributed by atoms with Gasteiger partial charge in [0.2, 0.25) is 0 Å². The Morgan fingerprint density at radius 1 is 1.09 bits per heavy atom. The maximum Gasteiger partial charge on any atom is 0.282 e. The first-order valence-corrected chi connectivity index (χ1v) is 11.8. The van der Waals surface area contributed by atoms with Gasteiger partial charge in [-0.1, -0.05) is 72.3 Å². The summed E-state index contributed by atoms with van der Waals surface area (Å²) in [7, 11) is 0. The molecule has 0 radical (unpaired) electrons. The normalized spacial score (nSPS) is 11.4. The minimum atomic E-state index is -0.231. The fourth-order valence-electron chi connectivity index (χ4n) is 3.52. The lowest BCUT2D eigenvalue weighted by molar-refractivity contribution is 0.0975. The number of halogens is 1. The van der Waals surface area contributed by atoms with Crippen LogP contribution in [0.2, 0.25) is 5.02 Å². The molecular weight excluding hydrogens is 444 g/mol. The molecule has 4 aromatic rings. The van der Waals surface area contributed by atoms with Gasteiger partial charge in [-0.05, 0) is 37.7 Å². The SMILES string of the molecule is CCN(CC)CCN(C(=O)c1cc(-c2ccccc2)on1)c1nc2c(C)c(Cl)ccc2s1. The quantitative estimate of drug-likeness (QED) is 0.322. The second kappa shape index (κ2) is 9.81. The van der Waals surface area contributed by atoms with E-state index in [2.05, 4.69) is 23.9 Å². The number of aryl methyl sites for hydroxylation is 1. The Kier molecular flexibility index (Phi) is 6.89. The van der Waals surface area contributed by atoms with E-state index in [9.17, 15) is 4.79 Å². The van der Waals surface area contributed by atoms with Gasteiger partial charge in [0, 0.05) is 29.7 Å². The summed E-state index contributed by atoms with van der Waals surface area (Å²) in [5.41, 5.74) is 2.87. The zero-order valence-electron chi connectivity index (χ0n) is 18.3. The lowest BCUT2D eigenvalue weighted by Gasteiger charge is -2.24. The van der Waals surface area contributed by atoms with Crippen molar-refractivity contribution in [2.45, 2.75) is 20.8 Å². The van der Waals surface area contributed by atoms with Crippen LogP contribution in [-0.2, 0) is 0 Å². The van der Waals surface area contributed by atoms with Gasteiger partial charge in [-0.3, -0.25) is 9.69 Å². The number of likely N-dealkylation sites (N-methyl/N-ethyl adjacent to an activating group) is 1. The highest BCUT2D eigenvalue weighted by Gasteiger charge is 2.25. The fourth-order valence-corrected chi connectivity index (χ4v) is 4.72. The summed E-state index contributed by atoms with van der Waals surface area (Å²) < 4.78 is 6.47. The number of fused-ring (bicyclic) bond motifs is 1. The molecule has 0 saturated heterocycles. The van der Waals surface area contributed by atoms with Gasteiger partial charge in [-0.15, -0.1) is 0 Å². The molecule has 32 heavy (non-hydrogen) atoms. The highest BCUT2D eigenvalue weighted by molar-refractivity contribution is 7.22. The van der Waals surface area contributed by atoms with Gasteiger partial charge in [-0.25, -0.2) is 4.98 Å². The van der Waals surface area contributed by atoms with Crippen molar-refractivity contribution in [2.24, 2.45) is 0 Å². The molecule has 0 fully saturated rings. The van der Waals surface area contributed by atoms with E-state index in [4.69, 9.17) is 21.1 Å². The molecule has 2 aromatic heterocycles. The van der Waals surface area contributed by atoms with Crippen LogP contribution in [-0.4, -0.2) is 47.1 Å². The van der Waals surface area contributed by atoms with Crippen molar-refractivity contribution >= 4 is 44.2 Å². The molecule has 166 valence electrons. The van der Waals surface area contributed by atoms with Crippen LogP contribution in [0.4, 0.5) is 5.13 Å². The van der Waals surface area contributed by atoms with Crippen molar-refractivity contribution in [3.63, 3.8) is 0 Å². The number of hydrogen-bond acceptors (Lipinski definition) is 6. The van der Waals surface area contributed by atoms with E-state index in [1.807, 2.05) is 49.4 Å². The van der Waals surface area contributed by atoms with Crippen LogP contribution in [0.15, 0.2) is 53.1 Å². The third-order valence-electron chi connectivity index (χ3n) is 5.53. The second-order valence-corrected chi connectivity index (χ2v) is 8.86. The van der Waals surface area contributed by atoms with Gasteiger partial charge in [-0.2, -0.15) is 0 Å². The second-order valence-electron chi connectivity index (χ2n) is 7.44. The van der Waals surface area contributed by atoms with Crippen molar-refractivity contribution in [3.8, 4) is 11.3 Å². The molecule has 0 aliphatic rings. The highest BCUT2D eigenvalue weighted by atomic mass is 35.5. The molecule has 8 heteroatoms. The number of benzene rings is 2. The highest BCUT2D eigenvalue weighted by Crippen LogP contribution is 2.34. The number of carbonyl (C=O) groups is 1. The average molecular weight is 469 g/mol. The molecule has 0 unspecified atom stereocenters. The summed E-state index contributed by atoms with van der Waals surface area (Å²) in [6, 6.07) is 15.1. The zero-order chi connectivity index (χ0) is 22.7. The standard InChI is InChI=1S/C24H25ClN4O2S/c1-4-28(5-2)13-14-29(24-26-22-16(3)18(25)11-12-21(22)32-24)23(30)19-15-20(31-27-19)17-9-7-6-8-10-17/h6-12,15H,4-5,13-14H2,1-3H3. The first-order chi connectivity index (χ1) is 15.5. The molecular formula is C24H25ClN4O2S. The number of thiazole rings is 1. The van der Waals surface area contributed by atoms with Crippen molar-refractivity contribution in [1.29, 1.82) is 0 Å². The lowest BCUT2D eigenvalue weighted by atomic mass is 10.1. The number of hydrogen-bond donors (Lipinski definition) is 0. The van der Waals surface area contributed by atoms with E-state index in [0.29, 0.717) is 22.5 Å². The molecule has 6 nitrogen and oxygen atoms in total. The molecule has 4 rings (SSSR count). The van der Waals surface area contributed by atoms with E-state index in [0.717, 1.165) is 41.0 Å². The van der Waals surface area contributed by atoms with Crippen LogP contribution in [0, 0.1) is 6.92 Å². The molecule has 2 heterocycles. The first kappa shape index (κ1) is 22.5. The summed E-state index contributed by atoms with van der Waals surface area (Å²) in [5.74, 6) is 0.329. The van der Waals surface area contributed by atoms with E-state index >= 15 is 0 Å². The maximum atomic E-state index is 13.5. The van der Waals surface area contributed by atoms with Crippen LogP contribution < -0.4 is 4.90 Å². The third-order valence-corrected chi connectivity index (χ3v) is 6.99. The lowest BCUT2D eigenvalue weighted by Crippen LogP contribution is -2.39. The van der Waals surface area contributed by atoms with Gasteiger partial charge in [0.1, 0.15) is 0 Å². The molecule has 0 aliphatic heterocycles. The number of amides is 1. The summed E-state index contributed by atoms with van der Waals surface area (Å²) in [4.78, 5) is 22.3. The summed E-state index contributed by atoms with van der Waals surface area (Å²) >= 11 is 7.77. The van der Waals surface area contributed by atoms with E-state index in [-0.39, 0.29) is 11.6 Å². The Labute approximate surface area is 196 Å². The zero-order valence-corrected chi connectivity index (χ0v) is 19.9. The largest absolute Gasteiger partial charge is 0.355 e. The van der Waals surface area contributed by atoms with Crippen LogP contribution in [0.25, 0.3) is 21.5 Å². The Bertz CT molecular complexity index is 1220. The van der Waals surface area contributed by atoms with Crippen molar-refractivity contribution in [1.82, 2.24) is 15.0 Å². The Balaban J connectivity index is 1.69. The smallest absolute Gasteiger partial charge is 0.282 e. The van der Waals surface area contributed by atoms with Crippen LogP contribution in [0.3, 0.4) is 0 Å². The summed E-state index contributed by atoms with van der Waals surface area (Å²) in [5, 5.41) is 5.37. The number of carbonyl (C=O) groups excluding carboxylic acids is 1. The fraction of sp³-hybridized carbons (Fsp3) is 0.292. The van der Waals surface area contributed by atoms with Crippen molar-refractivity contribution in [2.75, 3.05) is 31.1 Å². The minimum Gasteiger partial charge on any atom is -0.355 e. The first-order valence-electron chi connectivity index (χ1n) is 10.6. The van der Waals surface area contributed by atoms with E-state index < -0.39 is 0 Å². The summed E-state index contributed by atoms with van der Waals surface area (Å²) in [6.45, 7) is 9.23. The Morgan fingerprint density at radius 2 is 1.84 bits per heavy atom. The molecule has 0 aliphatic carbocycles. The molecule has 1 amide bonds. The van der Waals surface area contributed by atoms with Gasteiger partial charge in [0.25, 0.3) is 5.91 Å². The third kappa shape index (κ3) is 4.55. The summed E-state index contributed by atoms with van der Waals surface area (Å²) in [6.07, 6.45) is 0. The Hall–Kier alpha value is -2.74. The molecule has 0 saturated carbocycles. The minimum absolute atomic E-state index is 0.231. The van der Waals surface area contributed by atoms with Crippen molar-refractivity contribution < 1.29 is 9.32 Å². The van der Waals surface area contributed by atoms with Gasteiger partial charge >= 0.3 is 0 Å². The number of rotatable bonds is 8. The van der Waals surface area contributed by atoms with Gasteiger partial charge in [0.15, 0.2) is 16.6 Å². The Morgan fingerprint density at radius 3 is 2.56 bits per heavy atom. The average Bonchev–Trinajstić information content (AvgIpc) is 3.48. The topological polar surface area (TPSA) is 62.5 Å². The van der Waals surface area contributed by atoms with Crippen LogP contribution in [0.5, 0.6) is 0 Å². The molecule has 0 atom stereocenters. The maximum absolute atomic E-state index is 13.5. The van der Waals surface area contributed by atoms with Crippen LogP contribution >= 0.6 is 22.9 Å². The molecule has 2 aromatic carbocycles. The number of nitrogens with zero attached hydrogens (tertiary/aromatic N) is 4. The monoisotopic (exact) mass is 468 g/mol. The predicted octanol–water partition coefficient (Wildman–Crippen LogP) is 5.90.